The number of carbonyl (C=O) groups is 1. The molecule has 1 aliphatic rings. The highest BCUT2D eigenvalue weighted by Gasteiger charge is 2.22. The first-order chi connectivity index (χ1) is 16.3. The number of amides is 1. The standard InChI is InChI=1S/C27H27Cl2FN2O2/c1-18-13-24(14-19(2)26(18)29)34-17-20-3-5-21(6-4-20)27(33)32-11-9-31(10-12-32)16-22-7-8-23(30)15-25(22)28/h3-8,13-15H,9-12,16-17H2,1-2H3. The summed E-state index contributed by atoms with van der Waals surface area (Å²) in [6, 6.07) is 15.9. The van der Waals surface area contributed by atoms with Crippen LogP contribution in [0.25, 0.3) is 0 Å². The lowest BCUT2D eigenvalue weighted by molar-refractivity contribution is 0.0628. The molecule has 0 atom stereocenters. The van der Waals surface area contributed by atoms with Crippen molar-refractivity contribution in [1.82, 2.24) is 9.80 Å². The molecule has 0 aromatic heterocycles. The predicted molar refractivity (Wildman–Crippen MR) is 134 cm³/mol. The van der Waals surface area contributed by atoms with Crippen molar-refractivity contribution in [3.8, 4) is 5.75 Å². The summed E-state index contributed by atoms with van der Waals surface area (Å²) in [7, 11) is 0. The Morgan fingerprint density at radius 2 is 1.59 bits per heavy atom. The van der Waals surface area contributed by atoms with Gasteiger partial charge in [-0.15, -0.1) is 0 Å². The molecule has 1 amide bonds. The molecular formula is C27H27Cl2FN2O2. The Balaban J connectivity index is 1.29. The second-order valence-corrected chi connectivity index (χ2v) is 9.45. The minimum atomic E-state index is -0.336. The molecule has 4 rings (SSSR count). The number of hydrogen-bond acceptors (Lipinski definition) is 3. The summed E-state index contributed by atoms with van der Waals surface area (Å²) in [5.74, 6) is 0.465. The van der Waals surface area contributed by atoms with Gasteiger partial charge in [-0.25, -0.2) is 4.39 Å². The Bertz CT molecular complexity index is 1150. The fourth-order valence-electron chi connectivity index (χ4n) is 4.08. The van der Waals surface area contributed by atoms with Gasteiger partial charge in [-0.2, -0.15) is 0 Å². The van der Waals surface area contributed by atoms with Gasteiger partial charge in [0.15, 0.2) is 0 Å². The molecule has 0 unspecified atom stereocenters. The first-order valence-corrected chi connectivity index (χ1v) is 12.0. The number of halogens is 3. The summed E-state index contributed by atoms with van der Waals surface area (Å²) in [5.41, 5.74) is 4.52. The molecule has 34 heavy (non-hydrogen) atoms. The topological polar surface area (TPSA) is 32.8 Å². The molecule has 0 saturated carbocycles. The van der Waals surface area contributed by atoms with E-state index in [1.807, 2.05) is 55.1 Å². The number of aryl methyl sites for hydroxylation is 2. The molecule has 0 spiro atoms. The van der Waals surface area contributed by atoms with Crippen LogP contribution in [0.2, 0.25) is 10.0 Å². The summed E-state index contributed by atoms with van der Waals surface area (Å²) in [6.45, 7) is 7.73. The van der Waals surface area contributed by atoms with Crippen molar-refractivity contribution >= 4 is 29.1 Å². The first kappa shape index (κ1) is 24.5. The molecular weight excluding hydrogens is 474 g/mol. The highest BCUT2D eigenvalue weighted by molar-refractivity contribution is 6.32. The van der Waals surface area contributed by atoms with Gasteiger partial charge in [0, 0.05) is 48.3 Å². The van der Waals surface area contributed by atoms with Crippen LogP contribution >= 0.6 is 23.2 Å². The van der Waals surface area contributed by atoms with Crippen molar-refractivity contribution in [2.45, 2.75) is 27.0 Å². The lowest BCUT2D eigenvalue weighted by atomic mass is 10.1. The molecule has 0 bridgehead atoms. The minimum absolute atomic E-state index is 0.0240. The van der Waals surface area contributed by atoms with E-state index >= 15 is 0 Å². The van der Waals surface area contributed by atoms with Crippen LogP contribution in [0.1, 0.15) is 32.6 Å². The SMILES string of the molecule is Cc1cc(OCc2ccc(C(=O)N3CCN(Cc4ccc(F)cc4Cl)CC3)cc2)cc(C)c1Cl. The third-order valence-electron chi connectivity index (χ3n) is 6.08. The molecule has 178 valence electrons. The Labute approximate surface area is 209 Å². The Kier molecular flexibility index (Phi) is 7.77. The van der Waals surface area contributed by atoms with Crippen molar-refractivity contribution in [3.05, 3.63) is 98.3 Å². The van der Waals surface area contributed by atoms with E-state index in [1.165, 1.54) is 12.1 Å². The van der Waals surface area contributed by atoms with Gasteiger partial charge in [0.05, 0.1) is 0 Å². The Hall–Kier alpha value is -2.60. The van der Waals surface area contributed by atoms with Gasteiger partial charge < -0.3 is 9.64 Å². The number of carbonyl (C=O) groups excluding carboxylic acids is 1. The molecule has 1 aliphatic heterocycles. The summed E-state index contributed by atoms with van der Waals surface area (Å²) < 4.78 is 19.2. The largest absolute Gasteiger partial charge is 0.489 e. The average molecular weight is 501 g/mol. The van der Waals surface area contributed by atoms with Gasteiger partial charge in [0.1, 0.15) is 18.2 Å². The number of benzene rings is 3. The molecule has 1 saturated heterocycles. The highest BCUT2D eigenvalue weighted by Crippen LogP contribution is 2.26. The van der Waals surface area contributed by atoms with E-state index in [0.29, 0.717) is 36.8 Å². The quantitative estimate of drug-likeness (QED) is 0.398. The molecule has 4 nitrogen and oxygen atoms in total. The predicted octanol–water partition coefficient (Wildman–Crippen LogP) is 6.29. The minimum Gasteiger partial charge on any atom is -0.489 e. The van der Waals surface area contributed by atoms with Crippen LogP contribution in [0.4, 0.5) is 4.39 Å². The van der Waals surface area contributed by atoms with Crippen molar-refractivity contribution in [3.63, 3.8) is 0 Å². The van der Waals surface area contributed by atoms with Gasteiger partial charge in [0.25, 0.3) is 5.91 Å². The zero-order chi connectivity index (χ0) is 24.2. The van der Waals surface area contributed by atoms with E-state index in [2.05, 4.69) is 4.90 Å². The van der Waals surface area contributed by atoms with Crippen molar-refractivity contribution < 1.29 is 13.9 Å². The van der Waals surface area contributed by atoms with Crippen LogP contribution in [-0.2, 0) is 13.2 Å². The number of nitrogens with zero attached hydrogens (tertiary/aromatic N) is 2. The Morgan fingerprint density at radius 1 is 0.941 bits per heavy atom. The van der Waals surface area contributed by atoms with E-state index < -0.39 is 0 Å². The van der Waals surface area contributed by atoms with E-state index in [-0.39, 0.29) is 11.7 Å². The zero-order valence-corrected chi connectivity index (χ0v) is 20.8. The molecule has 1 heterocycles. The van der Waals surface area contributed by atoms with Crippen molar-refractivity contribution in [1.29, 1.82) is 0 Å². The van der Waals surface area contributed by atoms with Gasteiger partial charge in [-0.05, 0) is 72.5 Å². The maximum absolute atomic E-state index is 13.3. The number of ether oxygens (including phenoxy) is 1. The third-order valence-corrected chi connectivity index (χ3v) is 7.03. The van der Waals surface area contributed by atoms with Gasteiger partial charge in [-0.3, -0.25) is 9.69 Å². The second kappa shape index (κ2) is 10.8. The van der Waals surface area contributed by atoms with Gasteiger partial charge >= 0.3 is 0 Å². The van der Waals surface area contributed by atoms with Crippen LogP contribution < -0.4 is 4.74 Å². The van der Waals surface area contributed by atoms with Crippen LogP contribution in [0, 0.1) is 19.7 Å². The number of rotatable bonds is 6. The monoisotopic (exact) mass is 500 g/mol. The van der Waals surface area contributed by atoms with Crippen molar-refractivity contribution in [2.24, 2.45) is 0 Å². The summed E-state index contributed by atoms with van der Waals surface area (Å²) >= 11 is 12.4. The maximum atomic E-state index is 13.3. The Morgan fingerprint density at radius 3 is 2.21 bits per heavy atom. The normalized spacial score (nSPS) is 14.3. The summed E-state index contributed by atoms with van der Waals surface area (Å²) in [4.78, 5) is 17.0. The van der Waals surface area contributed by atoms with Crippen molar-refractivity contribution in [2.75, 3.05) is 26.2 Å². The molecule has 0 N–H and O–H groups in total. The maximum Gasteiger partial charge on any atom is 0.253 e. The summed E-state index contributed by atoms with van der Waals surface area (Å²) in [6.07, 6.45) is 0. The molecule has 0 radical (unpaired) electrons. The fraction of sp³-hybridized carbons (Fsp3) is 0.296. The molecule has 7 heteroatoms. The molecule has 3 aromatic carbocycles. The highest BCUT2D eigenvalue weighted by atomic mass is 35.5. The van der Waals surface area contributed by atoms with E-state index in [4.69, 9.17) is 27.9 Å². The van der Waals surface area contributed by atoms with Gasteiger partial charge in [0.2, 0.25) is 0 Å². The lowest BCUT2D eigenvalue weighted by Crippen LogP contribution is -2.48. The van der Waals surface area contributed by atoms with E-state index in [9.17, 15) is 9.18 Å². The third kappa shape index (κ3) is 5.90. The van der Waals surface area contributed by atoms with Crippen LogP contribution in [0.15, 0.2) is 54.6 Å². The second-order valence-electron chi connectivity index (χ2n) is 8.66. The van der Waals surface area contributed by atoms with E-state index in [0.717, 1.165) is 46.1 Å². The molecule has 0 aliphatic carbocycles. The lowest BCUT2D eigenvalue weighted by Gasteiger charge is -2.35. The van der Waals surface area contributed by atoms with E-state index in [1.54, 1.807) is 6.07 Å². The fourth-order valence-corrected chi connectivity index (χ4v) is 4.42. The van der Waals surface area contributed by atoms with Crippen LogP contribution in [-0.4, -0.2) is 41.9 Å². The first-order valence-electron chi connectivity index (χ1n) is 11.2. The smallest absolute Gasteiger partial charge is 0.253 e. The zero-order valence-electron chi connectivity index (χ0n) is 19.3. The molecule has 1 fully saturated rings. The summed E-state index contributed by atoms with van der Waals surface area (Å²) in [5, 5.41) is 1.19. The molecule has 3 aromatic rings. The van der Waals surface area contributed by atoms with Crippen LogP contribution in [0.5, 0.6) is 5.75 Å². The number of piperazine rings is 1. The van der Waals surface area contributed by atoms with Crippen LogP contribution in [0.3, 0.4) is 0 Å². The average Bonchev–Trinajstić information content (AvgIpc) is 2.83. The van der Waals surface area contributed by atoms with Gasteiger partial charge in [-0.1, -0.05) is 41.4 Å². The number of hydrogen-bond donors (Lipinski definition) is 0.